The lowest BCUT2D eigenvalue weighted by Crippen LogP contribution is -2.05. The third kappa shape index (κ3) is 3.12. The standard InChI is InChI=1S/C16H12ClF3N2O/c1-23-14-8-13-12(21-15(14)17)6-7-22(13)9-10-2-4-11(5-3-10)16(18,19)20/h2-8H,9H2,1H3. The molecule has 0 unspecified atom stereocenters. The van der Waals surface area contributed by atoms with Crippen molar-refractivity contribution in [2.24, 2.45) is 0 Å². The second-order valence-electron chi connectivity index (χ2n) is 5.02. The number of hydrogen-bond donors (Lipinski definition) is 0. The molecular formula is C16H12ClF3N2O. The van der Waals surface area contributed by atoms with Gasteiger partial charge in [-0.25, -0.2) is 4.98 Å². The Morgan fingerprint density at radius 1 is 1.17 bits per heavy atom. The molecule has 0 radical (unpaired) electrons. The number of fused-ring (bicyclic) bond motifs is 1. The minimum atomic E-state index is -4.33. The maximum atomic E-state index is 12.6. The summed E-state index contributed by atoms with van der Waals surface area (Å²) >= 11 is 5.98. The Bertz CT molecular complexity index is 841. The molecule has 7 heteroatoms. The number of alkyl halides is 3. The summed E-state index contributed by atoms with van der Waals surface area (Å²) in [5.74, 6) is 0.450. The molecule has 0 saturated heterocycles. The van der Waals surface area contributed by atoms with Crippen LogP contribution in [0.15, 0.2) is 42.6 Å². The van der Waals surface area contributed by atoms with Crippen molar-refractivity contribution in [1.82, 2.24) is 9.55 Å². The third-order valence-corrected chi connectivity index (χ3v) is 3.80. The van der Waals surface area contributed by atoms with E-state index < -0.39 is 11.7 Å². The number of benzene rings is 1. The Balaban J connectivity index is 1.92. The monoisotopic (exact) mass is 340 g/mol. The van der Waals surface area contributed by atoms with Crippen molar-refractivity contribution in [1.29, 1.82) is 0 Å². The fourth-order valence-electron chi connectivity index (χ4n) is 2.35. The van der Waals surface area contributed by atoms with Crippen LogP contribution in [-0.2, 0) is 12.7 Å². The van der Waals surface area contributed by atoms with E-state index >= 15 is 0 Å². The molecule has 0 aliphatic carbocycles. The quantitative estimate of drug-likeness (QED) is 0.642. The zero-order valence-corrected chi connectivity index (χ0v) is 12.8. The highest BCUT2D eigenvalue weighted by atomic mass is 35.5. The van der Waals surface area contributed by atoms with E-state index in [1.54, 1.807) is 12.1 Å². The zero-order valence-electron chi connectivity index (χ0n) is 12.1. The molecule has 2 heterocycles. The second-order valence-corrected chi connectivity index (χ2v) is 5.38. The van der Waals surface area contributed by atoms with Gasteiger partial charge >= 0.3 is 6.18 Å². The van der Waals surface area contributed by atoms with Gasteiger partial charge in [-0.15, -0.1) is 0 Å². The van der Waals surface area contributed by atoms with Gasteiger partial charge < -0.3 is 9.30 Å². The molecule has 0 spiro atoms. The SMILES string of the molecule is COc1cc2c(ccn2Cc2ccc(C(F)(F)F)cc2)nc1Cl. The number of nitrogens with zero attached hydrogens (tertiary/aromatic N) is 2. The third-order valence-electron chi connectivity index (χ3n) is 3.53. The van der Waals surface area contributed by atoms with Crippen LogP contribution in [-0.4, -0.2) is 16.7 Å². The van der Waals surface area contributed by atoms with Crippen LogP contribution < -0.4 is 4.74 Å². The smallest absolute Gasteiger partial charge is 0.416 e. The van der Waals surface area contributed by atoms with E-state index in [9.17, 15) is 13.2 Å². The lowest BCUT2D eigenvalue weighted by Gasteiger charge is -2.10. The Kier molecular flexibility index (Phi) is 3.93. The van der Waals surface area contributed by atoms with Crippen LogP contribution in [0, 0.1) is 0 Å². The summed E-state index contributed by atoms with van der Waals surface area (Å²) in [6.07, 6.45) is -2.52. The largest absolute Gasteiger partial charge is 0.493 e. The Labute approximate surface area is 135 Å². The van der Waals surface area contributed by atoms with Crippen LogP contribution in [0.4, 0.5) is 13.2 Å². The highest BCUT2D eigenvalue weighted by Gasteiger charge is 2.29. The fourth-order valence-corrected chi connectivity index (χ4v) is 2.57. The average molecular weight is 341 g/mol. The molecule has 2 aromatic heterocycles. The number of ether oxygens (including phenoxy) is 1. The molecule has 0 atom stereocenters. The van der Waals surface area contributed by atoms with Gasteiger partial charge in [0.15, 0.2) is 10.9 Å². The molecule has 0 aliphatic heterocycles. The summed E-state index contributed by atoms with van der Waals surface area (Å²) in [6, 6.07) is 8.65. The molecule has 0 aliphatic rings. The number of methoxy groups -OCH3 is 1. The predicted molar refractivity (Wildman–Crippen MR) is 81.8 cm³/mol. The van der Waals surface area contributed by atoms with Crippen molar-refractivity contribution in [3.05, 3.63) is 58.9 Å². The number of hydrogen-bond acceptors (Lipinski definition) is 2. The van der Waals surface area contributed by atoms with E-state index in [0.29, 0.717) is 17.8 Å². The van der Waals surface area contributed by atoms with Gasteiger partial charge in [0.1, 0.15) is 0 Å². The Morgan fingerprint density at radius 2 is 1.87 bits per heavy atom. The van der Waals surface area contributed by atoms with Crippen molar-refractivity contribution in [3.8, 4) is 5.75 Å². The molecule has 0 amide bonds. The number of pyridine rings is 1. The summed E-state index contributed by atoms with van der Waals surface area (Å²) in [6.45, 7) is 0.425. The number of rotatable bonds is 3. The minimum Gasteiger partial charge on any atom is -0.493 e. The summed E-state index contributed by atoms with van der Waals surface area (Å²) in [4.78, 5) is 4.23. The van der Waals surface area contributed by atoms with Crippen molar-refractivity contribution >= 4 is 22.6 Å². The highest BCUT2D eigenvalue weighted by molar-refractivity contribution is 6.31. The molecular weight excluding hydrogens is 329 g/mol. The van der Waals surface area contributed by atoms with Crippen LogP contribution in [0.2, 0.25) is 5.15 Å². The van der Waals surface area contributed by atoms with E-state index in [0.717, 1.165) is 23.2 Å². The van der Waals surface area contributed by atoms with Crippen LogP contribution in [0.1, 0.15) is 11.1 Å². The van der Waals surface area contributed by atoms with E-state index in [4.69, 9.17) is 16.3 Å². The van der Waals surface area contributed by atoms with Gasteiger partial charge in [0, 0.05) is 18.8 Å². The molecule has 3 nitrogen and oxygen atoms in total. The van der Waals surface area contributed by atoms with Crippen molar-refractivity contribution in [3.63, 3.8) is 0 Å². The van der Waals surface area contributed by atoms with Crippen LogP contribution in [0.3, 0.4) is 0 Å². The topological polar surface area (TPSA) is 27.1 Å². The van der Waals surface area contributed by atoms with Gasteiger partial charge in [-0.1, -0.05) is 23.7 Å². The van der Waals surface area contributed by atoms with Crippen LogP contribution in [0.25, 0.3) is 11.0 Å². The normalized spacial score (nSPS) is 11.9. The Hall–Kier alpha value is -2.21. The average Bonchev–Trinajstić information content (AvgIpc) is 2.88. The van der Waals surface area contributed by atoms with Crippen LogP contribution >= 0.6 is 11.6 Å². The first kappa shape index (κ1) is 15.7. The van der Waals surface area contributed by atoms with E-state index in [1.807, 2.05) is 10.8 Å². The molecule has 23 heavy (non-hydrogen) atoms. The molecule has 0 saturated carbocycles. The van der Waals surface area contributed by atoms with Gasteiger partial charge in [-0.3, -0.25) is 0 Å². The van der Waals surface area contributed by atoms with E-state index in [1.165, 1.54) is 19.2 Å². The molecule has 120 valence electrons. The van der Waals surface area contributed by atoms with Gasteiger partial charge in [0.05, 0.1) is 23.7 Å². The number of aromatic nitrogens is 2. The minimum absolute atomic E-state index is 0.271. The molecule has 1 aromatic carbocycles. The summed E-state index contributed by atoms with van der Waals surface area (Å²) < 4.78 is 44.8. The van der Waals surface area contributed by atoms with Crippen molar-refractivity contribution in [2.75, 3.05) is 7.11 Å². The van der Waals surface area contributed by atoms with E-state index in [-0.39, 0.29) is 5.15 Å². The first-order valence-corrected chi connectivity index (χ1v) is 7.12. The van der Waals surface area contributed by atoms with Crippen molar-refractivity contribution in [2.45, 2.75) is 12.7 Å². The molecule has 3 rings (SSSR count). The summed E-state index contributed by atoms with van der Waals surface area (Å²) in [5.41, 5.74) is 1.59. The fraction of sp³-hybridized carbons (Fsp3) is 0.188. The summed E-state index contributed by atoms with van der Waals surface area (Å²) in [7, 11) is 1.50. The Morgan fingerprint density at radius 3 is 2.48 bits per heavy atom. The highest BCUT2D eigenvalue weighted by Crippen LogP contribution is 2.30. The van der Waals surface area contributed by atoms with Crippen LogP contribution in [0.5, 0.6) is 5.75 Å². The summed E-state index contributed by atoms with van der Waals surface area (Å²) in [5, 5.41) is 0.271. The second kappa shape index (κ2) is 5.77. The lowest BCUT2D eigenvalue weighted by molar-refractivity contribution is -0.137. The maximum absolute atomic E-state index is 12.6. The van der Waals surface area contributed by atoms with Crippen molar-refractivity contribution < 1.29 is 17.9 Å². The first-order valence-electron chi connectivity index (χ1n) is 6.74. The predicted octanol–water partition coefficient (Wildman–Crippen LogP) is 4.77. The zero-order chi connectivity index (χ0) is 16.6. The van der Waals surface area contributed by atoms with Gasteiger partial charge in [0.2, 0.25) is 0 Å². The molecule has 0 fully saturated rings. The number of halogens is 4. The van der Waals surface area contributed by atoms with Gasteiger partial charge in [0.25, 0.3) is 0 Å². The van der Waals surface area contributed by atoms with Gasteiger partial charge in [-0.2, -0.15) is 13.2 Å². The van der Waals surface area contributed by atoms with E-state index in [2.05, 4.69) is 4.98 Å². The molecule has 3 aromatic rings. The van der Waals surface area contributed by atoms with Gasteiger partial charge in [-0.05, 0) is 23.8 Å². The lowest BCUT2D eigenvalue weighted by atomic mass is 10.1. The molecule has 0 N–H and O–H groups in total. The molecule has 0 bridgehead atoms. The maximum Gasteiger partial charge on any atom is 0.416 e. The first-order chi connectivity index (χ1) is 10.9.